The molecule has 0 aliphatic carbocycles. The van der Waals surface area contributed by atoms with Crippen molar-refractivity contribution in [2.45, 2.75) is 19.8 Å². The monoisotopic (exact) mass is 388 g/mol. The van der Waals surface area contributed by atoms with Gasteiger partial charge in [0.1, 0.15) is 11.4 Å². The molecule has 0 amide bonds. The summed E-state index contributed by atoms with van der Waals surface area (Å²) in [7, 11) is 0. The number of hydrogen-bond donors (Lipinski definition) is 3. The molecule has 7 heteroatoms. The fourth-order valence-electron chi connectivity index (χ4n) is 3.03. The molecule has 3 N–H and O–H groups in total. The van der Waals surface area contributed by atoms with Crippen molar-refractivity contribution in [3.63, 3.8) is 0 Å². The fraction of sp³-hybridized carbons (Fsp3) is 0.200. The molecule has 2 aromatic carbocycles. The van der Waals surface area contributed by atoms with E-state index < -0.39 is 11.4 Å². The van der Waals surface area contributed by atoms with Crippen LogP contribution in [0.2, 0.25) is 5.02 Å². The molecule has 0 aliphatic heterocycles. The predicted molar refractivity (Wildman–Crippen MR) is 105 cm³/mol. The molecule has 3 rings (SSSR count). The van der Waals surface area contributed by atoms with Gasteiger partial charge in [-0.15, -0.1) is 0 Å². The van der Waals surface area contributed by atoms with Crippen LogP contribution in [0.3, 0.4) is 0 Å². The van der Waals surface area contributed by atoms with Gasteiger partial charge in [0, 0.05) is 18.1 Å². The third kappa shape index (κ3) is 3.80. The molecule has 0 unspecified atom stereocenters. The van der Waals surface area contributed by atoms with Gasteiger partial charge in [-0.05, 0) is 42.2 Å². The number of fused-ring (bicyclic) bond motifs is 1. The highest BCUT2D eigenvalue weighted by molar-refractivity contribution is 6.35. The molecule has 3 aromatic rings. The van der Waals surface area contributed by atoms with Crippen LogP contribution in [0.25, 0.3) is 10.9 Å². The third-order valence-corrected chi connectivity index (χ3v) is 4.87. The van der Waals surface area contributed by atoms with Crippen LogP contribution in [0.15, 0.2) is 41.3 Å². The number of carboxylic acids is 1. The third-order valence-electron chi connectivity index (χ3n) is 4.44. The van der Waals surface area contributed by atoms with Crippen LogP contribution in [-0.2, 0) is 12.8 Å². The molecule has 140 valence electrons. The van der Waals surface area contributed by atoms with Crippen LogP contribution in [-0.4, -0.2) is 22.6 Å². The van der Waals surface area contributed by atoms with Crippen LogP contribution in [0.5, 0.6) is 0 Å². The van der Waals surface area contributed by atoms with Crippen LogP contribution >= 0.6 is 11.6 Å². The Morgan fingerprint density at radius 3 is 2.63 bits per heavy atom. The molecule has 1 heterocycles. The Balaban J connectivity index is 1.95. The molecule has 0 atom stereocenters. The Labute approximate surface area is 159 Å². The molecular weight excluding hydrogens is 371 g/mol. The molecule has 0 aliphatic rings. The highest BCUT2D eigenvalue weighted by atomic mass is 35.5. The molecule has 0 fully saturated rings. The van der Waals surface area contributed by atoms with E-state index in [1.165, 1.54) is 18.3 Å². The lowest BCUT2D eigenvalue weighted by Gasteiger charge is -2.14. The Morgan fingerprint density at radius 2 is 2.00 bits per heavy atom. The van der Waals surface area contributed by atoms with Crippen molar-refractivity contribution < 1.29 is 14.3 Å². The van der Waals surface area contributed by atoms with Crippen molar-refractivity contribution in [2.24, 2.45) is 0 Å². The number of halogens is 2. The minimum Gasteiger partial charge on any atom is -0.477 e. The van der Waals surface area contributed by atoms with Crippen molar-refractivity contribution in [2.75, 3.05) is 11.9 Å². The normalized spacial score (nSPS) is 10.9. The van der Waals surface area contributed by atoms with Gasteiger partial charge in [-0.2, -0.15) is 0 Å². The number of H-pyrrole nitrogens is 1. The van der Waals surface area contributed by atoms with Gasteiger partial charge in [0.05, 0.1) is 16.2 Å². The Morgan fingerprint density at radius 1 is 1.30 bits per heavy atom. The number of pyridine rings is 1. The highest BCUT2D eigenvalue weighted by Crippen LogP contribution is 2.32. The number of benzene rings is 2. The number of carboxylic acid groups (broad SMARTS) is 1. The van der Waals surface area contributed by atoms with Gasteiger partial charge in [-0.3, -0.25) is 4.79 Å². The zero-order chi connectivity index (χ0) is 19.6. The van der Waals surface area contributed by atoms with Crippen LogP contribution in [0.1, 0.15) is 28.4 Å². The first-order chi connectivity index (χ1) is 12.9. The first-order valence-corrected chi connectivity index (χ1v) is 8.88. The quantitative estimate of drug-likeness (QED) is 0.590. The van der Waals surface area contributed by atoms with E-state index in [1.54, 1.807) is 18.2 Å². The van der Waals surface area contributed by atoms with Gasteiger partial charge in [0.15, 0.2) is 0 Å². The van der Waals surface area contributed by atoms with E-state index >= 15 is 0 Å². The topological polar surface area (TPSA) is 82.2 Å². The number of hydrogen-bond acceptors (Lipinski definition) is 3. The van der Waals surface area contributed by atoms with Gasteiger partial charge >= 0.3 is 5.97 Å². The van der Waals surface area contributed by atoms with Crippen molar-refractivity contribution in [3.05, 3.63) is 74.3 Å². The summed E-state index contributed by atoms with van der Waals surface area (Å²) in [6.07, 6.45) is 2.41. The molecule has 27 heavy (non-hydrogen) atoms. The number of aryl methyl sites for hydroxylation is 1. The van der Waals surface area contributed by atoms with E-state index in [2.05, 4.69) is 10.3 Å². The summed E-state index contributed by atoms with van der Waals surface area (Å²) < 4.78 is 13.0. The number of anilines is 1. The zero-order valence-corrected chi connectivity index (χ0v) is 15.4. The summed E-state index contributed by atoms with van der Waals surface area (Å²) in [5.41, 5.74) is 1.95. The Kier molecular flexibility index (Phi) is 5.46. The lowest BCUT2D eigenvalue weighted by atomic mass is 10.0. The number of rotatable bonds is 6. The average molecular weight is 389 g/mol. The van der Waals surface area contributed by atoms with Gasteiger partial charge in [0.25, 0.3) is 0 Å². The predicted octanol–water partition coefficient (Wildman–Crippen LogP) is 4.24. The molecular formula is C20H18ClFN2O3. The van der Waals surface area contributed by atoms with E-state index in [9.17, 15) is 19.1 Å². The molecule has 1 aromatic heterocycles. The Hall–Kier alpha value is -2.86. The number of aromatic nitrogens is 1. The van der Waals surface area contributed by atoms with Crippen LogP contribution in [0.4, 0.5) is 10.1 Å². The van der Waals surface area contributed by atoms with Gasteiger partial charge in [-0.1, -0.05) is 30.7 Å². The summed E-state index contributed by atoms with van der Waals surface area (Å²) in [6.45, 7) is 2.43. The lowest BCUT2D eigenvalue weighted by molar-refractivity contribution is 0.0695. The van der Waals surface area contributed by atoms with Crippen molar-refractivity contribution in [3.8, 4) is 0 Å². The maximum absolute atomic E-state index is 13.0. The second-order valence-electron chi connectivity index (χ2n) is 6.13. The first kappa shape index (κ1) is 18.9. The number of aromatic carboxylic acids is 1. The molecule has 5 nitrogen and oxygen atoms in total. The number of nitrogens with one attached hydrogen (secondary N) is 2. The standard InChI is InChI=1S/C20H18ClFN2O3/c1-2-13-17(21)16(23-8-7-11-3-5-12(22)6-4-11)9-14-18(13)24-10-15(19(14)25)20(26)27/h3-6,9-10,23H,2,7-8H2,1H3,(H,24,25)(H,26,27). The fourth-order valence-corrected chi connectivity index (χ4v) is 3.38. The molecule has 0 saturated carbocycles. The van der Waals surface area contributed by atoms with Crippen molar-refractivity contribution >= 4 is 34.2 Å². The largest absolute Gasteiger partial charge is 0.477 e. The van der Waals surface area contributed by atoms with E-state index in [1.807, 2.05) is 6.92 Å². The average Bonchev–Trinajstić information content (AvgIpc) is 2.64. The van der Waals surface area contributed by atoms with E-state index in [0.29, 0.717) is 35.6 Å². The molecule has 0 radical (unpaired) electrons. The second-order valence-corrected chi connectivity index (χ2v) is 6.51. The zero-order valence-electron chi connectivity index (χ0n) is 14.6. The van der Waals surface area contributed by atoms with E-state index in [4.69, 9.17) is 11.6 Å². The van der Waals surface area contributed by atoms with Gasteiger partial charge in [-0.25, -0.2) is 9.18 Å². The van der Waals surface area contributed by atoms with E-state index in [-0.39, 0.29) is 16.8 Å². The maximum Gasteiger partial charge on any atom is 0.341 e. The number of carbonyl (C=O) groups is 1. The van der Waals surface area contributed by atoms with Gasteiger partial charge < -0.3 is 15.4 Å². The van der Waals surface area contributed by atoms with Crippen molar-refractivity contribution in [1.82, 2.24) is 4.98 Å². The summed E-state index contributed by atoms with van der Waals surface area (Å²) in [4.78, 5) is 26.6. The van der Waals surface area contributed by atoms with Crippen molar-refractivity contribution in [1.29, 1.82) is 0 Å². The lowest BCUT2D eigenvalue weighted by Crippen LogP contribution is -2.16. The first-order valence-electron chi connectivity index (χ1n) is 8.50. The maximum atomic E-state index is 13.0. The van der Waals surface area contributed by atoms with Crippen LogP contribution in [0, 0.1) is 5.82 Å². The summed E-state index contributed by atoms with van der Waals surface area (Å²) >= 11 is 6.49. The minimum atomic E-state index is -1.28. The van der Waals surface area contributed by atoms with Crippen LogP contribution < -0.4 is 10.7 Å². The summed E-state index contributed by atoms with van der Waals surface area (Å²) in [5.74, 6) is -1.57. The smallest absolute Gasteiger partial charge is 0.341 e. The van der Waals surface area contributed by atoms with E-state index in [0.717, 1.165) is 11.1 Å². The molecule has 0 saturated heterocycles. The second kappa shape index (κ2) is 7.80. The SMILES string of the molecule is CCc1c(Cl)c(NCCc2ccc(F)cc2)cc2c(=O)c(C(=O)O)c[nH]c12. The highest BCUT2D eigenvalue weighted by Gasteiger charge is 2.17. The summed E-state index contributed by atoms with van der Waals surface area (Å²) in [6, 6.07) is 7.80. The molecule has 0 bridgehead atoms. The van der Waals surface area contributed by atoms with Gasteiger partial charge in [0.2, 0.25) is 5.43 Å². The summed E-state index contributed by atoms with van der Waals surface area (Å²) in [5, 5.41) is 13.1. The molecule has 0 spiro atoms. The number of aromatic amines is 1. The Bertz CT molecular complexity index is 1060. The minimum absolute atomic E-state index is 0.278.